The zero-order valence-electron chi connectivity index (χ0n) is 13.5. The maximum absolute atomic E-state index is 12.3. The van der Waals surface area contributed by atoms with E-state index in [2.05, 4.69) is 36.4 Å². The molecular weight excluding hydrogens is 316 g/mol. The molecule has 2 rings (SSSR count). The van der Waals surface area contributed by atoms with E-state index in [9.17, 15) is 9.90 Å². The molecule has 0 spiro atoms. The summed E-state index contributed by atoms with van der Waals surface area (Å²) in [5, 5.41) is 20.5. The number of carbonyl (C=O) groups excluding carboxylic acids is 1. The molecule has 1 aromatic heterocycles. The predicted octanol–water partition coefficient (Wildman–Crippen LogP) is 2.45. The number of carbonyl (C=O) groups is 1. The summed E-state index contributed by atoms with van der Waals surface area (Å²) in [6.45, 7) is 6.03. The van der Waals surface area contributed by atoms with Gasteiger partial charge in [-0.05, 0) is 24.0 Å². The lowest BCUT2D eigenvalue weighted by molar-refractivity contribution is 0.0892. The van der Waals surface area contributed by atoms with Crippen LogP contribution >= 0.6 is 11.6 Å². The fourth-order valence-electron chi connectivity index (χ4n) is 2.28. The Balaban J connectivity index is 2.11. The first-order valence-electron chi connectivity index (χ1n) is 7.39. The lowest BCUT2D eigenvalue weighted by atomic mass is 9.88. The van der Waals surface area contributed by atoms with Gasteiger partial charge in [-0.2, -0.15) is 0 Å². The van der Waals surface area contributed by atoms with Crippen LogP contribution in [0.4, 0.5) is 0 Å². The van der Waals surface area contributed by atoms with Crippen molar-refractivity contribution < 1.29 is 9.90 Å². The van der Waals surface area contributed by atoms with E-state index >= 15 is 0 Å². The van der Waals surface area contributed by atoms with Gasteiger partial charge in [0.2, 0.25) is 0 Å². The zero-order chi connectivity index (χ0) is 17.0. The van der Waals surface area contributed by atoms with Crippen LogP contribution in [0.15, 0.2) is 30.5 Å². The largest absolute Gasteiger partial charge is 0.394 e. The maximum atomic E-state index is 12.3. The van der Waals surface area contributed by atoms with Gasteiger partial charge in [0.05, 0.1) is 29.6 Å². The number of aliphatic hydroxyl groups is 1. The highest BCUT2D eigenvalue weighted by molar-refractivity contribution is 6.32. The van der Waals surface area contributed by atoms with E-state index in [1.54, 1.807) is 12.1 Å². The van der Waals surface area contributed by atoms with Crippen molar-refractivity contribution in [3.63, 3.8) is 0 Å². The lowest BCUT2D eigenvalue weighted by Gasteiger charge is -2.25. The second-order valence-electron chi connectivity index (χ2n) is 6.62. The van der Waals surface area contributed by atoms with E-state index < -0.39 is 0 Å². The summed E-state index contributed by atoms with van der Waals surface area (Å²) in [5.41, 5.74) is 0.821. The molecule has 1 atom stereocenters. The zero-order valence-corrected chi connectivity index (χ0v) is 14.2. The van der Waals surface area contributed by atoms with Crippen molar-refractivity contribution in [2.45, 2.75) is 33.2 Å². The van der Waals surface area contributed by atoms with Gasteiger partial charge in [-0.3, -0.25) is 4.79 Å². The number of nitrogens with zero attached hydrogens (tertiary/aromatic N) is 3. The number of rotatable bonds is 5. The summed E-state index contributed by atoms with van der Waals surface area (Å²) in [7, 11) is 0. The molecule has 0 saturated heterocycles. The SMILES string of the molecule is CC(C)(C)CC(CO)NC(=O)c1cn(-c2ccccc2Cl)nn1. The molecular formula is C16H21ClN4O2. The number of hydrogen-bond donors (Lipinski definition) is 2. The third-order valence-corrected chi connectivity index (χ3v) is 3.56. The second kappa shape index (κ2) is 7.10. The molecule has 1 unspecified atom stereocenters. The quantitative estimate of drug-likeness (QED) is 0.879. The Labute approximate surface area is 140 Å². The van der Waals surface area contributed by atoms with E-state index in [0.29, 0.717) is 17.1 Å². The highest BCUT2D eigenvalue weighted by atomic mass is 35.5. The van der Waals surface area contributed by atoms with Crippen molar-refractivity contribution >= 4 is 17.5 Å². The Bertz CT molecular complexity index is 679. The van der Waals surface area contributed by atoms with Crippen LogP contribution in [0, 0.1) is 5.41 Å². The van der Waals surface area contributed by atoms with Gasteiger partial charge in [0, 0.05) is 0 Å². The van der Waals surface area contributed by atoms with Crippen LogP contribution in [0.1, 0.15) is 37.7 Å². The minimum atomic E-state index is -0.369. The number of nitrogens with one attached hydrogen (secondary N) is 1. The van der Waals surface area contributed by atoms with Crippen molar-refractivity contribution in [2.75, 3.05) is 6.61 Å². The summed E-state index contributed by atoms with van der Waals surface area (Å²) < 4.78 is 1.45. The van der Waals surface area contributed by atoms with Crippen molar-refractivity contribution in [3.8, 4) is 5.69 Å². The van der Waals surface area contributed by atoms with Crippen LogP contribution in [0.5, 0.6) is 0 Å². The number of halogens is 1. The molecule has 2 aromatic rings. The Morgan fingerprint density at radius 2 is 2.09 bits per heavy atom. The van der Waals surface area contributed by atoms with Crippen molar-refractivity contribution in [2.24, 2.45) is 5.41 Å². The van der Waals surface area contributed by atoms with Gasteiger partial charge >= 0.3 is 0 Å². The summed E-state index contributed by atoms with van der Waals surface area (Å²) in [6, 6.07) is 6.84. The smallest absolute Gasteiger partial charge is 0.273 e. The van der Waals surface area contributed by atoms with Crippen molar-refractivity contribution in [1.29, 1.82) is 0 Å². The molecule has 0 aliphatic rings. The fourth-order valence-corrected chi connectivity index (χ4v) is 2.51. The van der Waals surface area contributed by atoms with Gasteiger partial charge in [0.1, 0.15) is 0 Å². The average molecular weight is 337 g/mol. The van der Waals surface area contributed by atoms with E-state index in [-0.39, 0.29) is 29.7 Å². The number of benzene rings is 1. The molecule has 0 saturated carbocycles. The number of amides is 1. The molecule has 1 heterocycles. The Kier molecular flexibility index (Phi) is 5.38. The maximum Gasteiger partial charge on any atom is 0.273 e. The Hall–Kier alpha value is -1.92. The normalized spacial score (nSPS) is 12.9. The van der Waals surface area contributed by atoms with Gasteiger partial charge in [0.15, 0.2) is 5.69 Å². The molecule has 7 heteroatoms. The Morgan fingerprint density at radius 1 is 1.39 bits per heavy atom. The number of para-hydroxylation sites is 1. The van der Waals surface area contributed by atoms with Gasteiger partial charge in [-0.15, -0.1) is 5.10 Å². The third kappa shape index (κ3) is 4.77. The van der Waals surface area contributed by atoms with Gasteiger partial charge in [-0.1, -0.05) is 49.7 Å². The summed E-state index contributed by atoms with van der Waals surface area (Å²) >= 11 is 6.10. The van der Waals surface area contributed by atoms with Gasteiger partial charge in [0.25, 0.3) is 5.91 Å². The molecule has 23 heavy (non-hydrogen) atoms. The molecule has 124 valence electrons. The molecule has 0 aliphatic heterocycles. The fraction of sp³-hybridized carbons (Fsp3) is 0.438. The van der Waals surface area contributed by atoms with E-state index in [0.717, 1.165) is 0 Å². The Morgan fingerprint density at radius 3 is 2.70 bits per heavy atom. The van der Waals surface area contributed by atoms with Crippen LogP contribution in [-0.4, -0.2) is 38.7 Å². The summed E-state index contributed by atoms with van der Waals surface area (Å²) in [5.74, 6) is -0.369. The van der Waals surface area contributed by atoms with Crippen LogP contribution in [-0.2, 0) is 0 Å². The minimum Gasteiger partial charge on any atom is -0.394 e. The summed E-state index contributed by atoms with van der Waals surface area (Å²) in [6.07, 6.45) is 2.18. The standard InChI is InChI=1S/C16H21ClN4O2/c1-16(2,3)8-11(10-22)18-15(23)13-9-21(20-19-13)14-7-5-4-6-12(14)17/h4-7,9,11,22H,8,10H2,1-3H3,(H,18,23). The number of aromatic nitrogens is 3. The highest BCUT2D eigenvalue weighted by Gasteiger charge is 2.21. The predicted molar refractivity (Wildman–Crippen MR) is 88.8 cm³/mol. The molecule has 6 nitrogen and oxygen atoms in total. The summed E-state index contributed by atoms with van der Waals surface area (Å²) in [4.78, 5) is 12.3. The molecule has 0 fully saturated rings. The van der Waals surface area contributed by atoms with E-state index in [1.807, 2.05) is 12.1 Å². The molecule has 1 aromatic carbocycles. The van der Waals surface area contributed by atoms with Gasteiger partial charge in [-0.25, -0.2) is 4.68 Å². The molecule has 1 amide bonds. The lowest BCUT2D eigenvalue weighted by Crippen LogP contribution is -2.40. The monoisotopic (exact) mass is 336 g/mol. The molecule has 0 bridgehead atoms. The molecule has 0 aliphatic carbocycles. The second-order valence-corrected chi connectivity index (χ2v) is 7.02. The van der Waals surface area contributed by atoms with Crippen molar-refractivity contribution in [1.82, 2.24) is 20.3 Å². The van der Waals surface area contributed by atoms with Gasteiger partial charge < -0.3 is 10.4 Å². The minimum absolute atomic E-state index is 0.00412. The van der Waals surface area contributed by atoms with Crippen LogP contribution in [0.25, 0.3) is 5.69 Å². The number of aliphatic hydroxyl groups excluding tert-OH is 1. The van der Waals surface area contributed by atoms with E-state index in [4.69, 9.17) is 11.6 Å². The van der Waals surface area contributed by atoms with Crippen LogP contribution < -0.4 is 5.32 Å². The topological polar surface area (TPSA) is 80.0 Å². The first-order chi connectivity index (χ1) is 10.8. The highest BCUT2D eigenvalue weighted by Crippen LogP contribution is 2.21. The number of hydrogen-bond acceptors (Lipinski definition) is 4. The molecule has 2 N–H and O–H groups in total. The van der Waals surface area contributed by atoms with Crippen LogP contribution in [0.2, 0.25) is 5.02 Å². The van der Waals surface area contributed by atoms with Crippen LogP contribution in [0.3, 0.4) is 0 Å². The van der Waals surface area contributed by atoms with E-state index in [1.165, 1.54) is 10.9 Å². The first-order valence-corrected chi connectivity index (χ1v) is 7.77. The first kappa shape index (κ1) is 17.4. The van der Waals surface area contributed by atoms with Crippen molar-refractivity contribution in [3.05, 3.63) is 41.2 Å². The molecule has 0 radical (unpaired) electrons. The average Bonchev–Trinajstić information content (AvgIpc) is 2.95. The third-order valence-electron chi connectivity index (χ3n) is 3.24.